The standard InChI is InChI=1S/C50H41N/c1-32-11-21-44(25-33(32)2)51(43-22-16-35(17-23-43)34-9-7-6-8-10-34)45-24-18-39-29-47-48-30-40-26-37(36-14-19-42(20-15-36)50(3,4)5)12-13-38(40)28-46(48)49(47)31-41(39)27-45/h6-31H,1-5H3. The molecule has 8 aromatic carbocycles. The van der Waals surface area contributed by atoms with Crippen molar-refractivity contribution in [3.05, 3.63) is 174 Å². The SMILES string of the molecule is Cc1ccc(N(c2ccc(-c3ccccc3)cc2)c2ccc3cc4c(cc3c2)-c2cc3ccc(-c5ccc(C(C)(C)C)cc5)cc3cc2-4)cc1C. The van der Waals surface area contributed by atoms with Crippen LogP contribution in [0.5, 0.6) is 0 Å². The Morgan fingerprint density at radius 2 is 0.824 bits per heavy atom. The molecule has 1 aliphatic carbocycles. The molecule has 9 rings (SSSR count). The van der Waals surface area contributed by atoms with Gasteiger partial charge >= 0.3 is 0 Å². The van der Waals surface area contributed by atoms with E-state index in [2.05, 4.69) is 197 Å². The molecule has 246 valence electrons. The lowest BCUT2D eigenvalue weighted by atomic mass is 9.77. The van der Waals surface area contributed by atoms with Crippen LogP contribution in [0.15, 0.2) is 158 Å². The molecule has 0 unspecified atom stereocenters. The van der Waals surface area contributed by atoms with E-state index in [0.29, 0.717) is 0 Å². The molecular weight excluding hydrogens is 615 g/mol. The second kappa shape index (κ2) is 11.9. The number of benzene rings is 8. The third kappa shape index (κ3) is 5.50. The average molecular weight is 656 g/mol. The van der Waals surface area contributed by atoms with E-state index in [0.717, 1.165) is 17.1 Å². The highest BCUT2D eigenvalue weighted by Crippen LogP contribution is 2.51. The van der Waals surface area contributed by atoms with Crippen molar-refractivity contribution in [1.29, 1.82) is 0 Å². The van der Waals surface area contributed by atoms with Crippen molar-refractivity contribution in [2.75, 3.05) is 4.90 Å². The smallest absolute Gasteiger partial charge is 0.0468 e. The third-order valence-corrected chi connectivity index (χ3v) is 10.8. The van der Waals surface area contributed by atoms with Gasteiger partial charge in [-0.05, 0) is 169 Å². The van der Waals surface area contributed by atoms with Gasteiger partial charge in [0, 0.05) is 17.1 Å². The first-order valence-corrected chi connectivity index (χ1v) is 18.0. The van der Waals surface area contributed by atoms with Crippen LogP contribution in [-0.4, -0.2) is 0 Å². The molecule has 1 aliphatic rings. The van der Waals surface area contributed by atoms with Crippen LogP contribution in [-0.2, 0) is 5.41 Å². The first-order chi connectivity index (χ1) is 24.7. The highest BCUT2D eigenvalue weighted by Gasteiger charge is 2.24. The van der Waals surface area contributed by atoms with Gasteiger partial charge in [0.1, 0.15) is 0 Å². The predicted octanol–water partition coefficient (Wildman–Crippen LogP) is 14.4. The van der Waals surface area contributed by atoms with E-state index >= 15 is 0 Å². The van der Waals surface area contributed by atoms with Crippen LogP contribution in [0, 0.1) is 13.8 Å². The number of fused-ring (bicyclic) bond motifs is 6. The molecule has 1 heteroatoms. The maximum Gasteiger partial charge on any atom is 0.0468 e. The Balaban J connectivity index is 1.08. The van der Waals surface area contributed by atoms with Gasteiger partial charge in [-0.1, -0.05) is 112 Å². The zero-order valence-electron chi connectivity index (χ0n) is 30.0. The lowest BCUT2D eigenvalue weighted by Gasteiger charge is -2.28. The third-order valence-electron chi connectivity index (χ3n) is 10.8. The molecule has 0 atom stereocenters. The van der Waals surface area contributed by atoms with Crippen LogP contribution in [0.2, 0.25) is 0 Å². The molecule has 0 aromatic heterocycles. The monoisotopic (exact) mass is 655 g/mol. The normalized spacial score (nSPS) is 12.0. The van der Waals surface area contributed by atoms with Gasteiger partial charge in [0.05, 0.1) is 0 Å². The summed E-state index contributed by atoms with van der Waals surface area (Å²) < 4.78 is 0. The molecule has 8 aromatic rings. The summed E-state index contributed by atoms with van der Waals surface area (Å²) >= 11 is 0. The van der Waals surface area contributed by atoms with Crippen molar-refractivity contribution in [2.45, 2.75) is 40.0 Å². The molecular formula is C50H41N. The summed E-state index contributed by atoms with van der Waals surface area (Å²) in [5.41, 5.74) is 17.9. The first kappa shape index (κ1) is 31.1. The average Bonchev–Trinajstić information content (AvgIpc) is 3.15. The number of hydrogen-bond acceptors (Lipinski definition) is 1. The zero-order chi connectivity index (χ0) is 34.9. The Hall–Kier alpha value is -5.92. The summed E-state index contributed by atoms with van der Waals surface area (Å²) in [5, 5.41) is 5.08. The fourth-order valence-electron chi connectivity index (χ4n) is 7.64. The van der Waals surface area contributed by atoms with E-state index in [1.165, 1.54) is 82.7 Å². The van der Waals surface area contributed by atoms with Crippen LogP contribution in [0.4, 0.5) is 17.1 Å². The largest absolute Gasteiger partial charge is 0.310 e. The van der Waals surface area contributed by atoms with Crippen molar-refractivity contribution in [3.63, 3.8) is 0 Å². The quantitative estimate of drug-likeness (QED) is 0.178. The molecule has 0 bridgehead atoms. The summed E-state index contributed by atoms with van der Waals surface area (Å²) in [7, 11) is 0. The minimum Gasteiger partial charge on any atom is -0.310 e. The molecule has 0 aliphatic heterocycles. The molecule has 51 heavy (non-hydrogen) atoms. The maximum atomic E-state index is 2.39. The maximum absolute atomic E-state index is 2.39. The molecule has 0 heterocycles. The van der Waals surface area contributed by atoms with Gasteiger partial charge in [0.2, 0.25) is 0 Å². The molecule has 0 saturated carbocycles. The summed E-state index contributed by atoms with van der Waals surface area (Å²) in [5.74, 6) is 0. The van der Waals surface area contributed by atoms with Crippen molar-refractivity contribution in [3.8, 4) is 44.5 Å². The second-order valence-corrected chi connectivity index (χ2v) is 15.2. The van der Waals surface area contributed by atoms with Crippen LogP contribution >= 0.6 is 0 Å². The minimum atomic E-state index is 0.151. The number of rotatable bonds is 5. The lowest BCUT2D eigenvalue weighted by molar-refractivity contribution is 0.590. The van der Waals surface area contributed by atoms with Gasteiger partial charge in [-0.25, -0.2) is 0 Å². The van der Waals surface area contributed by atoms with Gasteiger partial charge in [0.15, 0.2) is 0 Å². The van der Waals surface area contributed by atoms with Gasteiger partial charge in [-0.3, -0.25) is 0 Å². The molecule has 1 nitrogen and oxygen atoms in total. The van der Waals surface area contributed by atoms with Gasteiger partial charge in [0.25, 0.3) is 0 Å². The van der Waals surface area contributed by atoms with Crippen LogP contribution in [0.25, 0.3) is 66.1 Å². The molecule has 0 amide bonds. The molecule has 0 fully saturated rings. The van der Waals surface area contributed by atoms with Crippen LogP contribution in [0.1, 0.15) is 37.5 Å². The molecule has 0 saturated heterocycles. The Bertz CT molecular complexity index is 2600. The highest BCUT2D eigenvalue weighted by molar-refractivity contribution is 6.12. The van der Waals surface area contributed by atoms with Crippen molar-refractivity contribution in [2.24, 2.45) is 0 Å². The Morgan fingerprint density at radius 3 is 1.45 bits per heavy atom. The molecule has 0 N–H and O–H groups in total. The van der Waals surface area contributed by atoms with Crippen molar-refractivity contribution >= 4 is 38.6 Å². The van der Waals surface area contributed by atoms with Crippen molar-refractivity contribution < 1.29 is 0 Å². The number of anilines is 3. The second-order valence-electron chi connectivity index (χ2n) is 15.2. The van der Waals surface area contributed by atoms with Crippen LogP contribution in [0.3, 0.4) is 0 Å². The molecule has 0 spiro atoms. The Morgan fingerprint density at radius 1 is 0.353 bits per heavy atom. The van der Waals surface area contributed by atoms with E-state index in [1.54, 1.807) is 0 Å². The van der Waals surface area contributed by atoms with Gasteiger partial charge in [-0.2, -0.15) is 0 Å². The number of hydrogen-bond donors (Lipinski definition) is 0. The first-order valence-electron chi connectivity index (χ1n) is 18.0. The summed E-state index contributed by atoms with van der Waals surface area (Å²) in [4.78, 5) is 2.38. The Labute approximate surface area is 301 Å². The summed E-state index contributed by atoms with van der Waals surface area (Å²) in [6, 6.07) is 58.7. The number of aryl methyl sites for hydroxylation is 2. The lowest BCUT2D eigenvalue weighted by Crippen LogP contribution is -2.10. The summed E-state index contributed by atoms with van der Waals surface area (Å²) in [6.07, 6.45) is 0. The fraction of sp³-hybridized carbons (Fsp3) is 0.120. The van der Waals surface area contributed by atoms with E-state index in [4.69, 9.17) is 0 Å². The fourth-order valence-corrected chi connectivity index (χ4v) is 7.64. The van der Waals surface area contributed by atoms with E-state index in [9.17, 15) is 0 Å². The van der Waals surface area contributed by atoms with E-state index in [1.807, 2.05) is 0 Å². The predicted molar refractivity (Wildman–Crippen MR) is 220 cm³/mol. The van der Waals surface area contributed by atoms with Gasteiger partial charge in [-0.15, -0.1) is 0 Å². The van der Waals surface area contributed by atoms with E-state index < -0.39 is 0 Å². The Kier molecular flexibility index (Phi) is 7.22. The van der Waals surface area contributed by atoms with E-state index in [-0.39, 0.29) is 5.41 Å². The summed E-state index contributed by atoms with van der Waals surface area (Å²) in [6.45, 7) is 11.2. The minimum absolute atomic E-state index is 0.151. The van der Waals surface area contributed by atoms with Crippen LogP contribution < -0.4 is 4.90 Å². The van der Waals surface area contributed by atoms with Gasteiger partial charge < -0.3 is 4.90 Å². The topological polar surface area (TPSA) is 3.24 Å². The number of nitrogens with zero attached hydrogens (tertiary/aromatic N) is 1. The zero-order valence-corrected chi connectivity index (χ0v) is 30.0. The molecule has 0 radical (unpaired) electrons. The highest BCUT2D eigenvalue weighted by atomic mass is 15.1. The van der Waals surface area contributed by atoms with Crippen molar-refractivity contribution in [1.82, 2.24) is 0 Å².